The van der Waals surface area contributed by atoms with Crippen LogP contribution in [0.2, 0.25) is 0 Å². The first-order chi connectivity index (χ1) is 6.62. The number of hydrogen-bond acceptors (Lipinski definition) is 3. The van der Waals surface area contributed by atoms with Crippen molar-refractivity contribution in [2.75, 3.05) is 13.2 Å². The number of esters is 1. The standard InChI is InChI=1S/C10H17ClO3/c1-10(9(12)14-7-11)5-3-8(13-2)4-6-10/h8H,3-7H2,1-2H3. The van der Waals surface area contributed by atoms with Gasteiger partial charge in [-0.15, -0.1) is 0 Å². The third-order valence-electron chi connectivity index (χ3n) is 3.05. The second kappa shape index (κ2) is 4.99. The number of halogens is 1. The van der Waals surface area contributed by atoms with Crippen molar-refractivity contribution in [2.45, 2.75) is 38.7 Å². The third-order valence-corrected chi connectivity index (χ3v) is 3.16. The van der Waals surface area contributed by atoms with Crippen LogP contribution in [-0.2, 0) is 14.3 Å². The molecule has 4 heteroatoms. The Kier molecular flexibility index (Phi) is 4.20. The van der Waals surface area contributed by atoms with E-state index < -0.39 is 0 Å². The minimum absolute atomic E-state index is 0.0534. The number of alkyl halides is 1. The average molecular weight is 221 g/mol. The van der Waals surface area contributed by atoms with Crippen molar-refractivity contribution in [3.63, 3.8) is 0 Å². The third kappa shape index (κ3) is 2.61. The van der Waals surface area contributed by atoms with Gasteiger partial charge in [-0.3, -0.25) is 4.79 Å². The minimum Gasteiger partial charge on any atom is -0.449 e. The topological polar surface area (TPSA) is 35.5 Å². The minimum atomic E-state index is -0.357. The van der Waals surface area contributed by atoms with Crippen molar-refractivity contribution < 1.29 is 14.3 Å². The number of carbonyl (C=O) groups is 1. The van der Waals surface area contributed by atoms with Crippen LogP contribution in [0.15, 0.2) is 0 Å². The van der Waals surface area contributed by atoms with E-state index in [2.05, 4.69) is 0 Å². The molecule has 0 aromatic heterocycles. The van der Waals surface area contributed by atoms with Gasteiger partial charge in [0, 0.05) is 7.11 Å². The molecule has 0 amide bonds. The molecular formula is C10H17ClO3. The number of methoxy groups -OCH3 is 1. The van der Waals surface area contributed by atoms with E-state index in [0.29, 0.717) is 6.10 Å². The summed E-state index contributed by atoms with van der Waals surface area (Å²) in [5.74, 6) is -0.179. The monoisotopic (exact) mass is 220 g/mol. The lowest BCUT2D eigenvalue weighted by atomic mass is 9.75. The van der Waals surface area contributed by atoms with Crippen molar-refractivity contribution in [1.82, 2.24) is 0 Å². The Balaban J connectivity index is 2.48. The van der Waals surface area contributed by atoms with Crippen LogP contribution in [-0.4, -0.2) is 25.2 Å². The van der Waals surface area contributed by atoms with Gasteiger partial charge in [-0.1, -0.05) is 11.6 Å². The molecule has 0 N–H and O–H groups in total. The van der Waals surface area contributed by atoms with E-state index in [1.54, 1.807) is 7.11 Å². The number of rotatable bonds is 3. The predicted octanol–water partition coefficient (Wildman–Crippen LogP) is 2.32. The summed E-state index contributed by atoms with van der Waals surface area (Å²) in [7, 11) is 1.71. The van der Waals surface area contributed by atoms with Gasteiger partial charge in [-0.2, -0.15) is 0 Å². The molecule has 0 aliphatic heterocycles. The molecule has 0 saturated heterocycles. The zero-order valence-electron chi connectivity index (χ0n) is 8.72. The molecule has 0 atom stereocenters. The Morgan fingerprint density at radius 3 is 2.50 bits per heavy atom. The highest BCUT2D eigenvalue weighted by molar-refractivity contribution is 6.17. The molecule has 0 aromatic rings. The smallest absolute Gasteiger partial charge is 0.312 e. The molecule has 1 fully saturated rings. The summed E-state index contributed by atoms with van der Waals surface area (Å²) in [6.45, 7) is 1.94. The van der Waals surface area contributed by atoms with Gasteiger partial charge >= 0.3 is 5.97 Å². The van der Waals surface area contributed by atoms with Crippen LogP contribution in [0.25, 0.3) is 0 Å². The van der Waals surface area contributed by atoms with Crippen LogP contribution in [0.1, 0.15) is 32.6 Å². The molecule has 14 heavy (non-hydrogen) atoms. The first-order valence-corrected chi connectivity index (χ1v) is 5.42. The second-order valence-corrected chi connectivity index (χ2v) is 4.25. The summed E-state index contributed by atoms with van der Waals surface area (Å²) in [5, 5.41) is 0. The van der Waals surface area contributed by atoms with Crippen molar-refractivity contribution in [1.29, 1.82) is 0 Å². The summed E-state index contributed by atoms with van der Waals surface area (Å²) < 4.78 is 10.1. The fraction of sp³-hybridized carbons (Fsp3) is 0.900. The Morgan fingerprint density at radius 1 is 1.50 bits per heavy atom. The molecule has 1 aliphatic rings. The predicted molar refractivity (Wildman–Crippen MR) is 54.2 cm³/mol. The molecule has 0 heterocycles. The summed E-state index contributed by atoms with van der Waals surface area (Å²) in [6.07, 6.45) is 3.78. The van der Waals surface area contributed by atoms with Crippen LogP contribution >= 0.6 is 11.6 Å². The average Bonchev–Trinajstić information content (AvgIpc) is 2.19. The molecule has 0 aromatic carbocycles. The lowest BCUT2D eigenvalue weighted by Gasteiger charge is -2.34. The maximum absolute atomic E-state index is 11.6. The molecular weight excluding hydrogens is 204 g/mol. The number of carbonyl (C=O) groups excluding carboxylic acids is 1. The Hall–Kier alpha value is -0.280. The normalized spacial score (nSPS) is 32.6. The van der Waals surface area contributed by atoms with Crippen LogP contribution in [0.5, 0.6) is 0 Å². The first kappa shape index (κ1) is 11.8. The van der Waals surface area contributed by atoms with E-state index in [1.165, 1.54) is 0 Å². The maximum Gasteiger partial charge on any atom is 0.312 e. The Labute approximate surface area is 89.7 Å². The van der Waals surface area contributed by atoms with Crippen molar-refractivity contribution in [3.05, 3.63) is 0 Å². The molecule has 1 saturated carbocycles. The Bertz CT molecular complexity index is 198. The van der Waals surface area contributed by atoms with E-state index in [0.717, 1.165) is 25.7 Å². The summed E-state index contributed by atoms with van der Waals surface area (Å²) >= 11 is 5.37. The molecule has 0 spiro atoms. The highest BCUT2D eigenvalue weighted by Gasteiger charge is 2.38. The molecule has 0 bridgehead atoms. The van der Waals surface area contributed by atoms with Gasteiger partial charge in [-0.25, -0.2) is 0 Å². The highest BCUT2D eigenvalue weighted by Crippen LogP contribution is 2.37. The van der Waals surface area contributed by atoms with Gasteiger partial charge in [-0.05, 0) is 32.6 Å². The van der Waals surface area contributed by atoms with Crippen molar-refractivity contribution in [3.8, 4) is 0 Å². The zero-order chi connectivity index (χ0) is 10.6. The summed E-state index contributed by atoms with van der Waals surface area (Å²) in [4.78, 5) is 11.6. The van der Waals surface area contributed by atoms with Crippen molar-refractivity contribution >= 4 is 17.6 Å². The number of hydrogen-bond donors (Lipinski definition) is 0. The van der Waals surface area contributed by atoms with Gasteiger partial charge in [0.05, 0.1) is 11.5 Å². The van der Waals surface area contributed by atoms with Crippen LogP contribution in [0, 0.1) is 5.41 Å². The molecule has 0 unspecified atom stereocenters. The van der Waals surface area contributed by atoms with Crippen LogP contribution in [0.4, 0.5) is 0 Å². The van der Waals surface area contributed by atoms with Gasteiger partial charge in [0.15, 0.2) is 6.07 Å². The number of ether oxygens (including phenoxy) is 2. The van der Waals surface area contributed by atoms with Crippen LogP contribution in [0.3, 0.4) is 0 Å². The van der Waals surface area contributed by atoms with E-state index in [-0.39, 0.29) is 17.5 Å². The summed E-state index contributed by atoms with van der Waals surface area (Å²) in [6, 6.07) is -0.0534. The van der Waals surface area contributed by atoms with Crippen molar-refractivity contribution in [2.24, 2.45) is 5.41 Å². The molecule has 82 valence electrons. The summed E-state index contributed by atoms with van der Waals surface area (Å²) in [5.41, 5.74) is -0.357. The van der Waals surface area contributed by atoms with Crippen LogP contribution < -0.4 is 0 Å². The lowest BCUT2D eigenvalue weighted by Crippen LogP contribution is -2.36. The van der Waals surface area contributed by atoms with Gasteiger partial charge in [0.1, 0.15) is 0 Å². The Morgan fingerprint density at radius 2 is 2.07 bits per heavy atom. The van der Waals surface area contributed by atoms with E-state index in [1.807, 2.05) is 6.92 Å². The SMILES string of the molecule is COC1CCC(C)(C(=O)OCCl)CC1. The molecule has 1 aliphatic carbocycles. The molecule has 0 radical (unpaired) electrons. The van der Waals surface area contributed by atoms with Gasteiger partial charge in [0.2, 0.25) is 0 Å². The molecule has 3 nitrogen and oxygen atoms in total. The van der Waals surface area contributed by atoms with Gasteiger partial charge < -0.3 is 9.47 Å². The second-order valence-electron chi connectivity index (χ2n) is 4.04. The largest absolute Gasteiger partial charge is 0.449 e. The fourth-order valence-corrected chi connectivity index (χ4v) is 1.99. The van der Waals surface area contributed by atoms with E-state index >= 15 is 0 Å². The van der Waals surface area contributed by atoms with E-state index in [4.69, 9.17) is 21.1 Å². The zero-order valence-corrected chi connectivity index (χ0v) is 9.47. The maximum atomic E-state index is 11.6. The molecule has 1 rings (SSSR count). The first-order valence-electron chi connectivity index (χ1n) is 4.88. The quantitative estimate of drug-likeness (QED) is 0.541. The lowest BCUT2D eigenvalue weighted by molar-refractivity contribution is -0.156. The van der Waals surface area contributed by atoms with Gasteiger partial charge in [0.25, 0.3) is 0 Å². The van der Waals surface area contributed by atoms with E-state index in [9.17, 15) is 4.79 Å². The fourth-order valence-electron chi connectivity index (χ4n) is 1.89. The highest BCUT2D eigenvalue weighted by atomic mass is 35.5.